The van der Waals surface area contributed by atoms with Crippen molar-refractivity contribution < 1.29 is 14.4 Å². The summed E-state index contributed by atoms with van der Waals surface area (Å²) in [5.74, 6) is -0.356. The second-order valence-electron chi connectivity index (χ2n) is 6.06. The van der Waals surface area contributed by atoms with E-state index in [0.29, 0.717) is 5.76 Å². The summed E-state index contributed by atoms with van der Waals surface area (Å²) >= 11 is 6.63. The molecule has 6 heteroatoms. The minimum atomic E-state index is -1.20. The fourth-order valence-corrected chi connectivity index (χ4v) is 3.95. The van der Waals surface area contributed by atoms with Gasteiger partial charge >= 0.3 is 0 Å². The van der Waals surface area contributed by atoms with Crippen molar-refractivity contribution in [3.8, 4) is 11.3 Å². The third-order valence-electron chi connectivity index (χ3n) is 4.72. The Morgan fingerprint density at radius 3 is 2.28 bits per heavy atom. The number of carbonyl (C=O) groups is 1. The lowest BCUT2D eigenvalue weighted by Gasteiger charge is -2.07. The Morgan fingerprint density at radius 2 is 1.72 bits per heavy atom. The Balaban J connectivity index is 1.69. The summed E-state index contributed by atoms with van der Waals surface area (Å²) in [4.78, 5) is 14.9. The van der Waals surface area contributed by atoms with E-state index < -0.39 is 10.8 Å². The highest BCUT2D eigenvalue weighted by atomic mass is 35.5. The van der Waals surface area contributed by atoms with Gasteiger partial charge in [-0.3, -0.25) is 10.0 Å². The molecule has 126 valence electrons. The van der Waals surface area contributed by atoms with E-state index in [2.05, 4.69) is 4.98 Å². The monoisotopic (exact) mass is 354 g/mol. The van der Waals surface area contributed by atoms with E-state index in [1.165, 1.54) is 6.39 Å². The Morgan fingerprint density at radius 1 is 1.08 bits per heavy atom. The van der Waals surface area contributed by atoms with Crippen LogP contribution in [0.4, 0.5) is 0 Å². The Bertz CT molecular complexity index is 881. The summed E-state index contributed by atoms with van der Waals surface area (Å²) in [7, 11) is 0. The van der Waals surface area contributed by atoms with Gasteiger partial charge in [-0.2, -0.15) is 0 Å². The van der Waals surface area contributed by atoms with Gasteiger partial charge in [-0.25, -0.2) is 10.5 Å². The quantitative estimate of drug-likeness (QED) is 0.425. The van der Waals surface area contributed by atoms with Crippen molar-refractivity contribution in [2.24, 2.45) is 0 Å². The molecule has 3 atom stereocenters. The van der Waals surface area contributed by atoms with Crippen molar-refractivity contribution in [2.75, 3.05) is 0 Å². The van der Waals surface area contributed by atoms with Crippen LogP contribution in [0.5, 0.6) is 0 Å². The number of benzene rings is 2. The van der Waals surface area contributed by atoms with E-state index in [0.717, 1.165) is 16.7 Å². The molecule has 1 aromatic heterocycles. The number of rotatable bonds is 4. The number of amides is 1. The molecule has 4 rings (SSSR count). The zero-order valence-corrected chi connectivity index (χ0v) is 13.9. The Labute approximate surface area is 149 Å². The van der Waals surface area contributed by atoms with Crippen molar-refractivity contribution in [3.05, 3.63) is 78.3 Å². The van der Waals surface area contributed by atoms with E-state index in [4.69, 9.17) is 21.2 Å². The molecule has 1 amide bonds. The Kier molecular flexibility index (Phi) is 3.82. The molecule has 1 aliphatic carbocycles. The molecular weight excluding hydrogens is 340 g/mol. The van der Waals surface area contributed by atoms with Crippen LogP contribution in [-0.2, 0) is 4.79 Å². The van der Waals surface area contributed by atoms with Crippen molar-refractivity contribution in [1.29, 1.82) is 0 Å². The van der Waals surface area contributed by atoms with Gasteiger partial charge in [0.15, 0.2) is 12.2 Å². The largest absolute Gasteiger partial charge is 0.444 e. The van der Waals surface area contributed by atoms with E-state index in [9.17, 15) is 4.79 Å². The van der Waals surface area contributed by atoms with Gasteiger partial charge in [-0.15, -0.1) is 11.6 Å². The highest BCUT2D eigenvalue weighted by molar-refractivity contribution is 6.39. The number of aromatic nitrogens is 1. The molecule has 25 heavy (non-hydrogen) atoms. The molecule has 1 aliphatic rings. The second-order valence-corrected chi connectivity index (χ2v) is 6.69. The van der Waals surface area contributed by atoms with Crippen LogP contribution in [0.1, 0.15) is 23.0 Å². The lowest BCUT2D eigenvalue weighted by molar-refractivity contribution is -0.129. The van der Waals surface area contributed by atoms with Crippen LogP contribution in [0.2, 0.25) is 0 Å². The Hall–Kier alpha value is -2.63. The standard InChI is InChI=1S/C19H15ClN2O3/c20-19(18(23)22-24)16(13-4-2-1-3-5-13)17(19)14-8-6-12(7-9-14)15-10-21-11-25-15/h1-11,16-17,24H,(H,22,23). The molecule has 1 heterocycles. The molecule has 0 bridgehead atoms. The van der Waals surface area contributed by atoms with E-state index >= 15 is 0 Å². The molecule has 3 aromatic rings. The lowest BCUT2D eigenvalue weighted by atomic mass is 10.0. The van der Waals surface area contributed by atoms with E-state index in [1.807, 2.05) is 54.6 Å². The van der Waals surface area contributed by atoms with Crippen LogP contribution in [0.15, 0.2) is 71.6 Å². The van der Waals surface area contributed by atoms with Crippen LogP contribution < -0.4 is 5.48 Å². The van der Waals surface area contributed by atoms with Crippen molar-refractivity contribution in [1.82, 2.24) is 10.5 Å². The third-order valence-corrected chi connectivity index (χ3v) is 5.37. The van der Waals surface area contributed by atoms with Crippen molar-refractivity contribution in [3.63, 3.8) is 0 Å². The van der Waals surface area contributed by atoms with Crippen LogP contribution >= 0.6 is 11.6 Å². The van der Waals surface area contributed by atoms with Crippen LogP contribution in [0.25, 0.3) is 11.3 Å². The first kappa shape index (κ1) is 15.9. The van der Waals surface area contributed by atoms with E-state index in [1.54, 1.807) is 11.7 Å². The van der Waals surface area contributed by atoms with Gasteiger partial charge in [-0.1, -0.05) is 54.6 Å². The molecule has 0 radical (unpaired) electrons. The average molecular weight is 355 g/mol. The highest BCUT2D eigenvalue weighted by Crippen LogP contribution is 2.67. The summed E-state index contributed by atoms with van der Waals surface area (Å²) in [5.41, 5.74) is 4.49. The van der Waals surface area contributed by atoms with Gasteiger partial charge in [0.1, 0.15) is 4.87 Å². The molecule has 3 unspecified atom stereocenters. The van der Waals surface area contributed by atoms with Crippen LogP contribution in [0.3, 0.4) is 0 Å². The summed E-state index contributed by atoms with van der Waals surface area (Å²) in [6, 6.07) is 17.3. The van der Waals surface area contributed by atoms with Gasteiger partial charge in [-0.05, 0) is 11.1 Å². The number of hydrogen-bond acceptors (Lipinski definition) is 4. The maximum Gasteiger partial charge on any atom is 0.265 e. The van der Waals surface area contributed by atoms with Crippen molar-refractivity contribution in [2.45, 2.75) is 16.7 Å². The maximum atomic E-state index is 12.2. The van der Waals surface area contributed by atoms with Gasteiger partial charge < -0.3 is 4.42 Å². The molecule has 0 spiro atoms. The zero-order valence-electron chi connectivity index (χ0n) is 13.1. The summed E-state index contributed by atoms with van der Waals surface area (Å²) < 4.78 is 5.29. The topological polar surface area (TPSA) is 75.4 Å². The van der Waals surface area contributed by atoms with Gasteiger partial charge in [0, 0.05) is 17.4 Å². The second kappa shape index (κ2) is 6.02. The number of hydroxylamine groups is 1. The van der Waals surface area contributed by atoms with Crippen LogP contribution in [0, 0.1) is 0 Å². The van der Waals surface area contributed by atoms with Gasteiger partial charge in [0.25, 0.3) is 5.91 Å². The average Bonchev–Trinajstić information content (AvgIpc) is 3.02. The summed E-state index contributed by atoms with van der Waals surface area (Å²) in [6.07, 6.45) is 3.02. The van der Waals surface area contributed by atoms with E-state index in [-0.39, 0.29) is 11.8 Å². The van der Waals surface area contributed by atoms with Crippen LogP contribution in [-0.4, -0.2) is 21.0 Å². The predicted molar refractivity (Wildman–Crippen MR) is 92.4 cm³/mol. The maximum absolute atomic E-state index is 12.2. The fraction of sp³-hybridized carbons (Fsp3) is 0.158. The molecule has 0 aliphatic heterocycles. The zero-order chi connectivity index (χ0) is 17.4. The SMILES string of the molecule is O=C(NO)C1(Cl)C(c2ccccc2)C1c1ccc(-c2cnco2)cc1. The molecule has 5 nitrogen and oxygen atoms in total. The molecule has 1 saturated carbocycles. The van der Waals surface area contributed by atoms with Crippen molar-refractivity contribution >= 4 is 17.5 Å². The lowest BCUT2D eigenvalue weighted by Crippen LogP contribution is -2.32. The summed E-state index contributed by atoms with van der Waals surface area (Å²) in [5, 5.41) is 9.11. The summed E-state index contributed by atoms with van der Waals surface area (Å²) in [6.45, 7) is 0. The number of nitrogens with zero attached hydrogens (tertiary/aromatic N) is 1. The molecule has 0 saturated heterocycles. The molecule has 2 aromatic carbocycles. The smallest absolute Gasteiger partial charge is 0.265 e. The molecule has 1 fully saturated rings. The minimum absolute atomic E-state index is 0.210. The fourth-order valence-electron chi connectivity index (χ4n) is 3.47. The number of nitrogens with one attached hydrogen (secondary N) is 1. The first-order valence-corrected chi connectivity index (χ1v) is 8.21. The molecular formula is C19H15ClN2O3. The predicted octanol–water partition coefficient (Wildman–Crippen LogP) is 3.71. The number of hydrogen-bond donors (Lipinski definition) is 2. The first-order valence-electron chi connectivity index (χ1n) is 7.83. The third kappa shape index (κ3) is 2.52. The normalized spacial score (nSPS) is 24.7. The number of oxazole rings is 1. The number of halogens is 1. The van der Waals surface area contributed by atoms with Gasteiger partial charge in [0.05, 0.1) is 6.20 Å². The number of carbonyl (C=O) groups excluding carboxylic acids is 1. The molecule has 2 N–H and O–H groups in total. The van der Waals surface area contributed by atoms with Gasteiger partial charge in [0.2, 0.25) is 0 Å². The first-order chi connectivity index (χ1) is 12.2. The number of alkyl halides is 1. The minimum Gasteiger partial charge on any atom is -0.444 e. The highest BCUT2D eigenvalue weighted by Gasteiger charge is 2.69.